The molecule has 118 valence electrons. The molecule has 2 aromatic rings. The van der Waals surface area contributed by atoms with Crippen molar-refractivity contribution in [3.05, 3.63) is 64.2 Å². The highest BCUT2D eigenvalue weighted by molar-refractivity contribution is 6.30. The number of hydrogen-bond acceptors (Lipinski definition) is 1. The Balaban J connectivity index is 1.90. The average Bonchev–Trinajstić information content (AvgIpc) is 2.52. The van der Waals surface area contributed by atoms with Gasteiger partial charge < -0.3 is 10.6 Å². The maximum Gasteiger partial charge on any atom is 0.319 e. The average molecular weight is 335 g/mol. The van der Waals surface area contributed by atoms with Gasteiger partial charge in [-0.25, -0.2) is 13.6 Å². The summed E-state index contributed by atoms with van der Waals surface area (Å²) in [6.07, 6.45) is 5.64. The van der Waals surface area contributed by atoms with Gasteiger partial charge in [-0.05, 0) is 36.2 Å². The molecular formula is C17H13ClF2N2O. The molecule has 23 heavy (non-hydrogen) atoms. The summed E-state index contributed by atoms with van der Waals surface area (Å²) in [5.41, 5.74) is 0.507. The third-order valence-corrected chi connectivity index (χ3v) is 3.31. The summed E-state index contributed by atoms with van der Waals surface area (Å²) in [7, 11) is 0. The van der Waals surface area contributed by atoms with Crippen LogP contribution in [0, 0.1) is 24.0 Å². The Morgan fingerprint density at radius 2 is 1.78 bits per heavy atom. The van der Waals surface area contributed by atoms with E-state index in [1.54, 1.807) is 12.1 Å². The molecule has 0 unspecified atom stereocenters. The van der Waals surface area contributed by atoms with E-state index in [1.165, 1.54) is 0 Å². The third kappa shape index (κ3) is 4.70. The molecule has 0 aliphatic rings. The zero-order valence-corrected chi connectivity index (χ0v) is 12.8. The van der Waals surface area contributed by atoms with Crippen LogP contribution in [0.25, 0.3) is 0 Å². The first kappa shape index (κ1) is 16.8. The Morgan fingerprint density at radius 3 is 2.35 bits per heavy atom. The molecule has 0 atom stereocenters. The summed E-state index contributed by atoms with van der Waals surface area (Å²) in [4.78, 5) is 11.7. The summed E-state index contributed by atoms with van der Waals surface area (Å²) in [6.45, 7) is 0.305. The predicted octanol–water partition coefficient (Wildman–Crippen LogP) is 3.96. The lowest BCUT2D eigenvalue weighted by Crippen LogP contribution is -2.31. The molecule has 2 N–H and O–H groups in total. The first-order valence-corrected chi connectivity index (χ1v) is 7.12. The largest absolute Gasteiger partial charge is 0.338 e. The van der Waals surface area contributed by atoms with Gasteiger partial charge in [-0.2, -0.15) is 0 Å². The van der Waals surface area contributed by atoms with E-state index in [4.69, 9.17) is 18.0 Å². The van der Waals surface area contributed by atoms with Crippen LogP contribution in [-0.2, 0) is 6.42 Å². The first-order chi connectivity index (χ1) is 11.0. The van der Waals surface area contributed by atoms with Crippen LogP contribution in [0.4, 0.5) is 19.3 Å². The first-order valence-electron chi connectivity index (χ1n) is 6.74. The SMILES string of the molecule is C#Cc1cc(F)c(NC(=O)NCCc2ccc(Cl)cc2)c(F)c1. The van der Waals surface area contributed by atoms with Crippen molar-refractivity contribution in [2.75, 3.05) is 11.9 Å². The van der Waals surface area contributed by atoms with Crippen LogP contribution in [0.5, 0.6) is 0 Å². The van der Waals surface area contributed by atoms with Gasteiger partial charge >= 0.3 is 6.03 Å². The molecule has 2 amide bonds. The van der Waals surface area contributed by atoms with Gasteiger partial charge in [0.1, 0.15) is 5.69 Å². The van der Waals surface area contributed by atoms with Crippen LogP contribution in [-0.4, -0.2) is 12.6 Å². The van der Waals surface area contributed by atoms with E-state index in [-0.39, 0.29) is 5.56 Å². The summed E-state index contributed by atoms with van der Waals surface area (Å²) in [5.74, 6) is 0.277. The number of hydrogen-bond donors (Lipinski definition) is 2. The molecule has 6 heteroatoms. The summed E-state index contributed by atoms with van der Waals surface area (Å²) in [6, 6.07) is 8.41. The van der Waals surface area contributed by atoms with Crippen molar-refractivity contribution >= 4 is 23.3 Å². The minimum atomic E-state index is -0.925. The number of urea groups is 1. The molecule has 0 aromatic heterocycles. The van der Waals surface area contributed by atoms with Gasteiger partial charge in [0.05, 0.1) is 0 Å². The van der Waals surface area contributed by atoms with Crippen LogP contribution in [0.3, 0.4) is 0 Å². The predicted molar refractivity (Wildman–Crippen MR) is 86.5 cm³/mol. The van der Waals surface area contributed by atoms with Gasteiger partial charge in [0.2, 0.25) is 0 Å². The van der Waals surface area contributed by atoms with Gasteiger partial charge in [0.15, 0.2) is 11.6 Å². The monoisotopic (exact) mass is 334 g/mol. The second-order valence-electron chi connectivity index (χ2n) is 4.72. The molecule has 0 fully saturated rings. The number of anilines is 1. The van der Waals surface area contributed by atoms with E-state index >= 15 is 0 Å². The van der Waals surface area contributed by atoms with E-state index in [2.05, 4.69) is 16.6 Å². The fourth-order valence-electron chi connectivity index (χ4n) is 1.91. The minimum absolute atomic E-state index is 0.0636. The van der Waals surface area contributed by atoms with Crippen molar-refractivity contribution in [3.8, 4) is 12.3 Å². The van der Waals surface area contributed by atoms with Gasteiger partial charge in [-0.3, -0.25) is 0 Å². The minimum Gasteiger partial charge on any atom is -0.338 e. The molecule has 3 nitrogen and oxygen atoms in total. The summed E-state index contributed by atoms with van der Waals surface area (Å²) in [5, 5.41) is 5.28. The van der Waals surface area contributed by atoms with E-state index in [9.17, 15) is 13.6 Å². The molecule has 0 saturated carbocycles. The lowest BCUT2D eigenvalue weighted by molar-refractivity contribution is 0.252. The number of terminal acetylenes is 1. The maximum atomic E-state index is 13.7. The second kappa shape index (κ2) is 7.61. The van der Waals surface area contributed by atoms with Crippen molar-refractivity contribution in [2.24, 2.45) is 0 Å². The highest BCUT2D eigenvalue weighted by Crippen LogP contribution is 2.20. The Bertz CT molecular complexity index is 731. The Labute approximate surface area is 137 Å². The van der Waals surface area contributed by atoms with Crippen LogP contribution in [0.15, 0.2) is 36.4 Å². The van der Waals surface area contributed by atoms with Crippen LogP contribution in [0.1, 0.15) is 11.1 Å². The fourth-order valence-corrected chi connectivity index (χ4v) is 2.03. The molecule has 2 rings (SSSR count). The van der Waals surface area contributed by atoms with Crippen molar-refractivity contribution in [1.29, 1.82) is 0 Å². The quantitative estimate of drug-likeness (QED) is 0.816. The van der Waals surface area contributed by atoms with Crippen LogP contribution < -0.4 is 10.6 Å². The van der Waals surface area contributed by atoms with E-state index in [1.807, 2.05) is 12.1 Å². The Hall–Kier alpha value is -2.58. The van der Waals surface area contributed by atoms with E-state index in [0.29, 0.717) is 18.0 Å². The standard InChI is InChI=1S/C17H13ClF2N2O/c1-2-11-9-14(19)16(15(20)10-11)22-17(23)21-8-7-12-3-5-13(18)6-4-12/h1,3-6,9-10H,7-8H2,(H2,21,22,23). The molecule has 0 aliphatic carbocycles. The topological polar surface area (TPSA) is 41.1 Å². The van der Waals surface area contributed by atoms with Crippen molar-refractivity contribution in [1.82, 2.24) is 5.32 Å². The molecule has 0 radical (unpaired) electrons. The van der Waals surface area contributed by atoms with Crippen LogP contribution in [0.2, 0.25) is 5.02 Å². The highest BCUT2D eigenvalue weighted by Gasteiger charge is 2.13. The van der Waals surface area contributed by atoms with Gasteiger partial charge in [-0.15, -0.1) is 6.42 Å². The number of halogens is 3. The van der Waals surface area contributed by atoms with Crippen LogP contribution >= 0.6 is 11.6 Å². The number of nitrogens with one attached hydrogen (secondary N) is 2. The molecule has 0 bridgehead atoms. The van der Waals surface area contributed by atoms with E-state index < -0.39 is 23.4 Å². The number of rotatable bonds is 4. The molecular weight excluding hydrogens is 322 g/mol. The highest BCUT2D eigenvalue weighted by atomic mass is 35.5. The molecule has 0 heterocycles. The fraction of sp³-hybridized carbons (Fsp3) is 0.118. The molecule has 0 saturated heterocycles. The summed E-state index contributed by atoms with van der Waals surface area (Å²) >= 11 is 5.77. The molecule has 2 aromatic carbocycles. The van der Waals surface area contributed by atoms with E-state index in [0.717, 1.165) is 17.7 Å². The van der Waals surface area contributed by atoms with Gasteiger partial charge in [0, 0.05) is 17.1 Å². The lowest BCUT2D eigenvalue weighted by atomic mass is 10.1. The number of benzene rings is 2. The zero-order chi connectivity index (χ0) is 16.8. The normalized spacial score (nSPS) is 10.0. The van der Waals surface area contributed by atoms with Gasteiger partial charge in [-0.1, -0.05) is 29.7 Å². The van der Waals surface area contributed by atoms with Crippen molar-refractivity contribution in [3.63, 3.8) is 0 Å². The van der Waals surface area contributed by atoms with Crippen molar-refractivity contribution < 1.29 is 13.6 Å². The van der Waals surface area contributed by atoms with Crippen molar-refractivity contribution in [2.45, 2.75) is 6.42 Å². The Morgan fingerprint density at radius 1 is 1.17 bits per heavy atom. The maximum absolute atomic E-state index is 13.7. The number of carbonyl (C=O) groups is 1. The molecule has 0 aliphatic heterocycles. The number of carbonyl (C=O) groups excluding carboxylic acids is 1. The number of amides is 2. The lowest BCUT2D eigenvalue weighted by Gasteiger charge is -2.10. The molecule has 0 spiro atoms. The second-order valence-corrected chi connectivity index (χ2v) is 5.15. The van der Waals surface area contributed by atoms with Gasteiger partial charge in [0.25, 0.3) is 0 Å². The smallest absolute Gasteiger partial charge is 0.319 e. The Kier molecular flexibility index (Phi) is 5.56. The third-order valence-electron chi connectivity index (χ3n) is 3.06. The summed E-state index contributed by atoms with van der Waals surface area (Å²) < 4.78 is 27.4. The zero-order valence-electron chi connectivity index (χ0n) is 12.0.